The van der Waals surface area contributed by atoms with Crippen LogP contribution < -0.4 is 0 Å². The van der Waals surface area contributed by atoms with Gasteiger partial charge in [-0.2, -0.15) is 0 Å². The van der Waals surface area contributed by atoms with Crippen molar-refractivity contribution < 1.29 is 4.39 Å². The van der Waals surface area contributed by atoms with Crippen LogP contribution in [-0.4, -0.2) is 6.67 Å². The maximum absolute atomic E-state index is 12.2. The average molecular weight is 280 g/mol. The van der Waals surface area contributed by atoms with E-state index in [4.69, 9.17) is 0 Å². The molecule has 0 aliphatic heterocycles. The Balaban J connectivity index is 1.66. The van der Waals surface area contributed by atoms with Crippen LogP contribution in [0.15, 0.2) is 12.2 Å². The fourth-order valence-corrected chi connectivity index (χ4v) is 4.45. The molecule has 0 bridgehead atoms. The van der Waals surface area contributed by atoms with Crippen LogP contribution in [0.3, 0.4) is 0 Å². The van der Waals surface area contributed by atoms with Crippen LogP contribution in [0.2, 0.25) is 0 Å². The molecule has 0 nitrogen and oxygen atoms in total. The van der Waals surface area contributed by atoms with Gasteiger partial charge in [-0.3, -0.25) is 4.39 Å². The maximum Gasteiger partial charge on any atom is 0.0894 e. The Hall–Kier alpha value is -0.330. The molecule has 0 aromatic carbocycles. The molecule has 2 rings (SSSR count). The summed E-state index contributed by atoms with van der Waals surface area (Å²) < 4.78 is 12.2. The highest BCUT2D eigenvalue weighted by Gasteiger charge is 2.30. The summed E-state index contributed by atoms with van der Waals surface area (Å²) >= 11 is 0. The quantitative estimate of drug-likeness (QED) is 0.500. The standard InChI is InChI=1S/C19H33F/c1-2-3-5-16-7-11-18(12-8-16)19-13-9-17(10-14-19)6-4-15-20/h3,5,16-19H,2,4,6-15H2,1H3/b5-3+. The van der Waals surface area contributed by atoms with Crippen LogP contribution in [0.5, 0.6) is 0 Å². The minimum absolute atomic E-state index is 0.116. The van der Waals surface area contributed by atoms with Gasteiger partial charge in [0.15, 0.2) is 0 Å². The summed E-state index contributed by atoms with van der Waals surface area (Å²) in [7, 11) is 0. The number of alkyl halides is 1. The molecule has 0 heterocycles. The summed E-state index contributed by atoms with van der Waals surface area (Å²) in [5, 5.41) is 0. The molecule has 0 atom stereocenters. The first-order valence-corrected chi connectivity index (χ1v) is 9.06. The Bertz CT molecular complexity index is 267. The molecule has 2 aliphatic carbocycles. The van der Waals surface area contributed by atoms with Crippen LogP contribution >= 0.6 is 0 Å². The maximum atomic E-state index is 12.2. The van der Waals surface area contributed by atoms with Gasteiger partial charge in [-0.1, -0.05) is 31.9 Å². The van der Waals surface area contributed by atoms with Gasteiger partial charge in [0.25, 0.3) is 0 Å². The largest absolute Gasteiger partial charge is 0.251 e. The van der Waals surface area contributed by atoms with Crippen LogP contribution in [0.25, 0.3) is 0 Å². The molecular formula is C19H33F. The third-order valence-electron chi connectivity index (χ3n) is 5.76. The third-order valence-corrected chi connectivity index (χ3v) is 5.76. The molecule has 0 amide bonds. The first-order chi connectivity index (χ1) is 9.83. The van der Waals surface area contributed by atoms with Gasteiger partial charge in [-0.25, -0.2) is 0 Å². The average Bonchev–Trinajstić information content (AvgIpc) is 2.52. The summed E-state index contributed by atoms with van der Waals surface area (Å²) in [5.41, 5.74) is 0. The number of hydrogen-bond acceptors (Lipinski definition) is 0. The van der Waals surface area contributed by atoms with E-state index in [0.29, 0.717) is 0 Å². The minimum atomic E-state index is -0.116. The van der Waals surface area contributed by atoms with Crippen LogP contribution in [0, 0.1) is 23.7 Å². The van der Waals surface area contributed by atoms with Crippen molar-refractivity contribution in [1.82, 2.24) is 0 Å². The molecule has 20 heavy (non-hydrogen) atoms. The minimum Gasteiger partial charge on any atom is -0.251 e. The lowest BCUT2D eigenvalue weighted by molar-refractivity contribution is 0.151. The van der Waals surface area contributed by atoms with Gasteiger partial charge in [0.2, 0.25) is 0 Å². The molecule has 0 unspecified atom stereocenters. The van der Waals surface area contributed by atoms with Crippen LogP contribution in [-0.2, 0) is 0 Å². The number of hydrogen-bond donors (Lipinski definition) is 0. The molecular weight excluding hydrogens is 247 g/mol. The van der Waals surface area contributed by atoms with Gasteiger partial charge in [-0.05, 0) is 81.5 Å². The molecule has 2 aliphatic rings. The van der Waals surface area contributed by atoms with Crippen LogP contribution in [0.4, 0.5) is 4.39 Å². The van der Waals surface area contributed by atoms with Gasteiger partial charge in [0, 0.05) is 0 Å². The third kappa shape index (κ3) is 4.90. The molecule has 0 N–H and O–H groups in total. The normalized spacial score (nSPS) is 35.5. The topological polar surface area (TPSA) is 0 Å². The fourth-order valence-electron chi connectivity index (χ4n) is 4.45. The molecule has 2 saturated carbocycles. The smallest absolute Gasteiger partial charge is 0.0894 e. The lowest BCUT2D eigenvalue weighted by atomic mass is 9.68. The Labute approximate surface area is 125 Å². The van der Waals surface area contributed by atoms with E-state index in [1.807, 2.05) is 0 Å². The Kier molecular flexibility index (Phi) is 7.10. The SMILES string of the molecule is CC/C=C/C1CCC(C2CCC(CCCF)CC2)CC1. The van der Waals surface area contributed by atoms with Crippen molar-refractivity contribution in [3.8, 4) is 0 Å². The van der Waals surface area contributed by atoms with Gasteiger partial charge < -0.3 is 0 Å². The van der Waals surface area contributed by atoms with E-state index in [0.717, 1.165) is 36.5 Å². The molecule has 0 aromatic rings. The van der Waals surface area contributed by atoms with Gasteiger partial charge in [0.05, 0.1) is 6.67 Å². The Morgan fingerprint density at radius 2 is 1.50 bits per heavy atom. The van der Waals surface area contributed by atoms with E-state index < -0.39 is 0 Å². The highest BCUT2D eigenvalue weighted by Crippen LogP contribution is 2.42. The van der Waals surface area contributed by atoms with Crippen molar-refractivity contribution in [1.29, 1.82) is 0 Å². The van der Waals surface area contributed by atoms with Crippen molar-refractivity contribution in [2.24, 2.45) is 23.7 Å². The van der Waals surface area contributed by atoms with E-state index >= 15 is 0 Å². The fraction of sp³-hybridized carbons (Fsp3) is 0.895. The molecule has 2 fully saturated rings. The summed E-state index contributed by atoms with van der Waals surface area (Å²) in [4.78, 5) is 0. The summed E-state index contributed by atoms with van der Waals surface area (Å²) in [6.45, 7) is 2.11. The lowest BCUT2D eigenvalue weighted by Gasteiger charge is -2.37. The summed E-state index contributed by atoms with van der Waals surface area (Å²) in [5.74, 6) is 3.70. The van der Waals surface area contributed by atoms with E-state index in [9.17, 15) is 4.39 Å². The highest BCUT2D eigenvalue weighted by molar-refractivity contribution is 4.91. The summed E-state index contributed by atoms with van der Waals surface area (Å²) in [6, 6.07) is 0. The molecule has 0 saturated heterocycles. The summed E-state index contributed by atoms with van der Waals surface area (Å²) in [6.07, 6.45) is 19.3. The van der Waals surface area contributed by atoms with E-state index in [2.05, 4.69) is 19.1 Å². The Morgan fingerprint density at radius 1 is 0.900 bits per heavy atom. The monoisotopic (exact) mass is 280 g/mol. The second kappa shape index (κ2) is 8.85. The number of rotatable bonds is 6. The van der Waals surface area contributed by atoms with Crippen molar-refractivity contribution in [3.63, 3.8) is 0 Å². The van der Waals surface area contributed by atoms with Gasteiger partial charge >= 0.3 is 0 Å². The van der Waals surface area contributed by atoms with Crippen LogP contribution in [0.1, 0.15) is 77.6 Å². The van der Waals surface area contributed by atoms with Gasteiger partial charge in [-0.15, -0.1) is 0 Å². The predicted octanol–water partition coefficient (Wildman–Crippen LogP) is 6.32. The zero-order valence-corrected chi connectivity index (χ0v) is 13.3. The molecule has 0 spiro atoms. The van der Waals surface area contributed by atoms with Crippen molar-refractivity contribution in [2.45, 2.75) is 77.6 Å². The first kappa shape index (κ1) is 16.0. The zero-order chi connectivity index (χ0) is 14.2. The Morgan fingerprint density at radius 3 is 2.05 bits per heavy atom. The first-order valence-electron chi connectivity index (χ1n) is 9.06. The molecule has 0 radical (unpaired) electrons. The lowest BCUT2D eigenvalue weighted by Crippen LogP contribution is -2.25. The predicted molar refractivity (Wildman–Crippen MR) is 85.5 cm³/mol. The number of halogens is 1. The van der Waals surface area contributed by atoms with Crippen molar-refractivity contribution >= 4 is 0 Å². The van der Waals surface area contributed by atoms with E-state index in [1.54, 1.807) is 0 Å². The van der Waals surface area contributed by atoms with Crippen molar-refractivity contribution in [3.05, 3.63) is 12.2 Å². The highest BCUT2D eigenvalue weighted by atomic mass is 19.1. The molecule has 1 heteroatoms. The van der Waals surface area contributed by atoms with E-state index in [-0.39, 0.29) is 6.67 Å². The zero-order valence-electron chi connectivity index (χ0n) is 13.3. The van der Waals surface area contributed by atoms with Crippen molar-refractivity contribution in [2.75, 3.05) is 6.67 Å². The van der Waals surface area contributed by atoms with Gasteiger partial charge in [0.1, 0.15) is 0 Å². The molecule has 0 aromatic heterocycles. The number of allylic oxidation sites excluding steroid dienone is 2. The van der Waals surface area contributed by atoms with E-state index in [1.165, 1.54) is 57.8 Å². The second-order valence-electron chi connectivity index (χ2n) is 7.12. The second-order valence-corrected chi connectivity index (χ2v) is 7.12. The molecule has 116 valence electrons.